The van der Waals surface area contributed by atoms with Crippen molar-refractivity contribution in [2.45, 2.75) is 19.4 Å². The largest absolute Gasteiger partial charge is 0.487 e. The summed E-state index contributed by atoms with van der Waals surface area (Å²) >= 11 is 0. The SMILES string of the molecule is C=CC(=O)Nc1cc(Nc2ncc3c(=O)nc(C)n(-c4cccc(F)c4)c3n2)ccc1OC1CCN(C)C1. The minimum atomic E-state index is -0.481. The van der Waals surface area contributed by atoms with E-state index in [-0.39, 0.29) is 29.0 Å². The molecular formula is C27H26FN7O3. The van der Waals surface area contributed by atoms with E-state index < -0.39 is 11.4 Å². The van der Waals surface area contributed by atoms with Crippen molar-refractivity contribution in [2.24, 2.45) is 0 Å². The summed E-state index contributed by atoms with van der Waals surface area (Å²) in [4.78, 5) is 39.7. The van der Waals surface area contributed by atoms with Crippen molar-refractivity contribution in [3.8, 4) is 11.4 Å². The molecule has 10 nitrogen and oxygen atoms in total. The standard InChI is InChI=1S/C27H26FN7O3/c1-4-24(36)32-22-13-18(8-9-23(22)38-20-10-11-34(3)15-20)31-27-29-14-21-25(33-27)35(16(2)30-26(21)37)19-7-5-6-17(28)12-19/h4-9,12-14,20H,1,10-11,15H2,2-3H3,(H,32,36)(H,29,31,33). The quantitative estimate of drug-likeness (QED) is 0.359. The van der Waals surface area contributed by atoms with Crippen molar-refractivity contribution in [1.29, 1.82) is 0 Å². The van der Waals surface area contributed by atoms with E-state index in [1.54, 1.807) is 41.8 Å². The van der Waals surface area contributed by atoms with Crippen LogP contribution in [0.2, 0.25) is 0 Å². The number of nitrogens with one attached hydrogen (secondary N) is 2. The molecule has 194 valence electrons. The van der Waals surface area contributed by atoms with E-state index in [0.29, 0.717) is 28.6 Å². The Kier molecular flexibility index (Phi) is 6.84. The lowest BCUT2D eigenvalue weighted by Gasteiger charge is -2.18. The number of amides is 1. The molecule has 2 aromatic heterocycles. The molecule has 11 heteroatoms. The Balaban J connectivity index is 1.51. The highest BCUT2D eigenvalue weighted by molar-refractivity contribution is 6.00. The Labute approximate surface area is 217 Å². The predicted octanol–water partition coefficient (Wildman–Crippen LogP) is 3.57. The first-order chi connectivity index (χ1) is 18.3. The average Bonchev–Trinajstić information content (AvgIpc) is 3.30. The van der Waals surface area contributed by atoms with E-state index in [1.165, 1.54) is 24.4 Å². The van der Waals surface area contributed by atoms with Crippen LogP contribution in [-0.2, 0) is 4.79 Å². The highest BCUT2D eigenvalue weighted by Crippen LogP contribution is 2.31. The molecule has 38 heavy (non-hydrogen) atoms. The van der Waals surface area contributed by atoms with Gasteiger partial charge in [0.2, 0.25) is 11.9 Å². The normalized spacial score (nSPS) is 15.4. The van der Waals surface area contributed by atoms with Crippen LogP contribution in [0.5, 0.6) is 5.75 Å². The van der Waals surface area contributed by atoms with Crippen LogP contribution in [0.25, 0.3) is 16.7 Å². The van der Waals surface area contributed by atoms with Gasteiger partial charge in [0.25, 0.3) is 5.56 Å². The zero-order chi connectivity index (χ0) is 26.8. The lowest BCUT2D eigenvalue weighted by molar-refractivity contribution is -0.111. The number of halogens is 1. The molecule has 0 saturated carbocycles. The van der Waals surface area contributed by atoms with Gasteiger partial charge in [0.15, 0.2) is 5.65 Å². The van der Waals surface area contributed by atoms with Crippen molar-refractivity contribution < 1.29 is 13.9 Å². The van der Waals surface area contributed by atoms with Crippen LogP contribution in [-0.4, -0.2) is 56.6 Å². The van der Waals surface area contributed by atoms with E-state index in [1.807, 2.05) is 7.05 Å². The number of likely N-dealkylation sites (tertiary alicyclic amines) is 1. The minimum Gasteiger partial charge on any atom is -0.487 e. The third-order valence-electron chi connectivity index (χ3n) is 6.18. The highest BCUT2D eigenvalue weighted by Gasteiger charge is 2.22. The molecule has 2 aromatic carbocycles. The molecule has 3 heterocycles. The third kappa shape index (κ3) is 5.23. The number of fused-ring (bicyclic) bond motifs is 1. The topological polar surface area (TPSA) is 114 Å². The summed E-state index contributed by atoms with van der Waals surface area (Å²) in [5.74, 6) is 0.277. The second-order valence-electron chi connectivity index (χ2n) is 9.03. The summed E-state index contributed by atoms with van der Waals surface area (Å²) in [7, 11) is 2.03. The van der Waals surface area contributed by atoms with Gasteiger partial charge in [-0.25, -0.2) is 9.37 Å². The number of aromatic nitrogens is 4. The van der Waals surface area contributed by atoms with Crippen LogP contribution in [0.15, 0.2) is 66.1 Å². The molecule has 2 N–H and O–H groups in total. The maximum absolute atomic E-state index is 14.0. The van der Waals surface area contributed by atoms with Crippen LogP contribution in [0, 0.1) is 12.7 Å². The van der Waals surface area contributed by atoms with Gasteiger partial charge in [0, 0.05) is 25.0 Å². The minimum absolute atomic E-state index is 0.0124. The smallest absolute Gasteiger partial charge is 0.284 e. The number of hydrogen-bond acceptors (Lipinski definition) is 8. The van der Waals surface area contributed by atoms with Crippen LogP contribution < -0.4 is 20.9 Å². The van der Waals surface area contributed by atoms with Gasteiger partial charge in [-0.1, -0.05) is 12.6 Å². The molecule has 1 unspecified atom stereocenters. The monoisotopic (exact) mass is 515 g/mol. The molecule has 4 aromatic rings. The maximum Gasteiger partial charge on any atom is 0.284 e. The zero-order valence-electron chi connectivity index (χ0n) is 20.9. The fourth-order valence-electron chi connectivity index (χ4n) is 4.38. The molecule has 1 saturated heterocycles. The fraction of sp³-hybridized carbons (Fsp3) is 0.222. The van der Waals surface area contributed by atoms with Crippen LogP contribution in [0.4, 0.5) is 21.7 Å². The molecular weight excluding hydrogens is 489 g/mol. The van der Waals surface area contributed by atoms with Gasteiger partial charge in [-0.2, -0.15) is 9.97 Å². The molecule has 1 fully saturated rings. The number of ether oxygens (including phenoxy) is 1. The first-order valence-corrected chi connectivity index (χ1v) is 12.0. The molecule has 1 aliphatic rings. The number of hydrogen-bond donors (Lipinski definition) is 2. The van der Waals surface area contributed by atoms with Gasteiger partial charge < -0.3 is 20.3 Å². The van der Waals surface area contributed by atoms with Gasteiger partial charge in [0.1, 0.15) is 28.9 Å². The Morgan fingerprint density at radius 3 is 2.82 bits per heavy atom. The highest BCUT2D eigenvalue weighted by atomic mass is 19.1. The van der Waals surface area contributed by atoms with Crippen molar-refractivity contribution >= 4 is 34.3 Å². The van der Waals surface area contributed by atoms with E-state index in [9.17, 15) is 14.0 Å². The summed E-state index contributed by atoms with van der Waals surface area (Å²) in [6.07, 6.45) is 3.46. The van der Waals surface area contributed by atoms with Gasteiger partial charge in [-0.15, -0.1) is 0 Å². The summed E-state index contributed by atoms with van der Waals surface area (Å²) in [6.45, 7) is 6.90. The molecule has 1 aliphatic heterocycles. The molecule has 1 amide bonds. The summed E-state index contributed by atoms with van der Waals surface area (Å²) < 4.78 is 21.7. The second-order valence-corrected chi connectivity index (χ2v) is 9.03. The Bertz CT molecular complexity index is 1600. The van der Waals surface area contributed by atoms with Crippen LogP contribution >= 0.6 is 0 Å². The third-order valence-corrected chi connectivity index (χ3v) is 6.18. The van der Waals surface area contributed by atoms with Gasteiger partial charge >= 0.3 is 0 Å². The van der Waals surface area contributed by atoms with Crippen molar-refractivity contribution in [3.05, 3.63) is 83.3 Å². The number of carbonyl (C=O) groups is 1. The number of carbonyl (C=O) groups excluding carboxylic acids is 1. The van der Waals surface area contributed by atoms with E-state index in [2.05, 4.69) is 37.1 Å². The van der Waals surface area contributed by atoms with Gasteiger partial charge in [-0.3, -0.25) is 14.2 Å². The van der Waals surface area contributed by atoms with Crippen LogP contribution in [0.3, 0.4) is 0 Å². The predicted molar refractivity (Wildman–Crippen MR) is 143 cm³/mol. The molecule has 0 radical (unpaired) electrons. The number of nitrogens with zero attached hydrogens (tertiary/aromatic N) is 5. The van der Waals surface area contributed by atoms with Crippen molar-refractivity contribution in [2.75, 3.05) is 30.8 Å². The van der Waals surface area contributed by atoms with Crippen LogP contribution in [0.1, 0.15) is 12.2 Å². The Hall–Kier alpha value is -4.64. The van der Waals surface area contributed by atoms with E-state index in [0.717, 1.165) is 19.5 Å². The summed E-state index contributed by atoms with van der Waals surface area (Å²) in [5, 5.41) is 6.09. The molecule has 5 rings (SSSR count). The van der Waals surface area contributed by atoms with E-state index >= 15 is 0 Å². The van der Waals surface area contributed by atoms with Gasteiger partial charge in [-0.05, 0) is 62.9 Å². The zero-order valence-corrected chi connectivity index (χ0v) is 20.9. The average molecular weight is 516 g/mol. The molecule has 0 spiro atoms. The summed E-state index contributed by atoms with van der Waals surface area (Å²) in [5.41, 5.74) is 1.30. The number of aryl methyl sites for hydroxylation is 1. The number of likely N-dealkylation sites (N-methyl/N-ethyl adjacent to an activating group) is 1. The lowest BCUT2D eigenvalue weighted by Crippen LogP contribution is -2.22. The van der Waals surface area contributed by atoms with E-state index in [4.69, 9.17) is 4.74 Å². The van der Waals surface area contributed by atoms with Gasteiger partial charge in [0.05, 0.1) is 11.4 Å². The number of rotatable bonds is 7. The molecule has 0 aliphatic carbocycles. The lowest BCUT2D eigenvalue weighted by atomic mass is 10.2. The Morgan fingerprint density at radius 2 is 2.08 bits per heavy atom. The number of benzene rings is 2. The first kappa shape index (κ1) is 25.0. The molecule has 1 atom stereocenters. The fourth-order valence-corrected chi connectivity index (χ4v) is 4.38. The summed E-state index contributed by atoms with van der Waals surface area (Å²) in [6, 6.07) is 11.2. The maximum atomic E-state index is 14.0. The molecule has 0 bridgehead atoms. The second kappa shape index (κ2) is 10.4. The first-order valence-electron chi connectivity index (χ1n) is 12.0. The Morgan fingerprint density at radius 1 is 1.24 bits per heavy atom. The van der Waals surface area contributed by atoms with Crippen molar-refractivity contribution in [3.63, 3.8) is 0 Å². The van der Waals surface area contributed by atoms with Crippen molar-refractivity contribution in [1.82, 2.24) is 24.4 Å². The number of anilines is 3.